The topological polar surface area (TPSA) is 76.7 Å². The third-order valence-corrected chi connectivity index (χ3v) is 3.89. The van der Waals surface area contributed by atoms with Crippen molar-refractivity contribution in [1.29, 1.82) is 0 Å². The fourth-order valence-corrected chi connectivity index (χ4v) is 2.81. The van der Waals surface area contributed by atoms with Gasteiger partial charge in [0.1, 0.15) is 0 Å². The van der Waals surface area contributed by atoms with Crippen LogP contribution in [-0.2, 0) is 6.42 Å². The third kappa shape index (κ3) is 3.08. The molecule has 2 aromatic rings. The van der Waals surface area contributed by atoms with Crippen LogP contribution in [0.15, 0.2) is 24.3 Å². The van der Waals surface area contributed by atoms with Crippen molar-refractivity contribution >= 4 is 23.5 Å². The van der Waals surface area contributed by atoms with Gasteiger partial charge in [-0.05, 0) is 37.3 Å². The number of rotatable bonds is 3. The van der Waals surface area contributed by atoms with Gasteiger partial charge < -0.3 is 11.1 Å². The van der Waals surface area contributed by atoms with Crippen molar-refractivity contribution in [2.24, 2.45) is 0 Å². The van der Waals surface area contributed by atoms with E-state index in [1.807, 2.05) is 6.92 Å². The van der Waals surface area contributed by atoms with Crippen LogP contribution >= 0.6 is 11.6 Å². The molecule has 110 valence electrons. The van der Waals surface area contributed by atoms with Gasteiger partial charge in [0, 0.05) is 0 Å². The number of nitrogens with two attached hydrogens (primary N) is 1. The van der Waals surface area contributed by atoms with Crippen LogP contribution < -0.4 is 11.1 Å². The molecule has 0 aliphatic heterocycles. The van der Waals surface area contributed by atoms with E-state index in [-0.39, 0.29) is 17.4 Å². The lowest BCUT2D eigenvalue weighted by Crippen LogP contribution is -2.19. The van der Waals surface area contributed by atoms with Crippen LogP contribution in [0.5, 0.6) is 0 Å². The van der Waals surface area contributed by atoms with Gasteiger partial charge in [-0.25, -0.2) is 0 Å². The third-order valence-electron chi connectivity index (χ3n) is 3.70. The normalized spacial score (nSPS) is 18.9. The Morgan fingerprint density at radius 3 is 2.90 bits per heavy atom. The molecule has 1 unspecified atom stereocenters. The molecule has 0 radical (unpaired) electrons. The number of alkyl halides is 1. The Hall–Kier alpha value is -1.88. The molecule has 21 heavy (non-hydrogen) atoms. The zero-order chi connectivity index (χ0) is 14.8. The summed E-state index contributed by atoms with van der Waals surface area (Å²) in [6, 6.07) is 8.68. The summed E-state index contributed by atoms with van der Waals surface area (Å²) >= 11 is 6.03. The predicted molar refractivity (Wildman–Crippen MR) is 84.3 cm³/mol. The predicted octanol–water partition coefficient (Wildman–Crippen LogP) is 3.24. The lowest BCUT2D eigenvalue weighted by molar-refractivity contribution is 0.595. The molecule has 1 aliphatic rings. The Kier molecular flexibility index (Phi) is 3.92. The average molecular weight is 304 g/mol. The maximum absolute atomic E-state index is 6.03. The minimum Gasteiger partial charge on any atom is -0.368 e. The smallest absolute Gasteiger partial charge is 0.228 e. The molecule has 1 aromatic carbocycles. The molecule has 0 bridgehead atoms. The molecule has 3 N–H and O–H groups in total. The molecule has 5 nitrogen and oxygen atoms in total. The van der Waals surface area contributed by atoms with Crippen LogP contribution in [0.2, 0.25) is 0 Å². The van der Waals surface area contributed by atoms with Crippen molar-refractivity contribution < 1.29 is 0 Å². The molecule has 1 heterocycles. The highest BCUT2D eigenvalue weighted by atomic mass is 35.5. The second-order valence-electron chi connectivity index (χ2n) is 5.28. The number of hydrogen-bond donors (Lipinski definition) is 2. The van der Waals surface area contributed by atoms with Crippen molar-refractivity contribution in [3.63, 3.8) is 0 Å². The largest absolute Gasteiger partial charge is 0.368 e. The molecule has 3 rings (SSSR count). The van der Waals surface area contributed by atoms with Gasteiger partial charge >= 0.3 is 0 Å². The van der Waals surface area contributed by atoms with Crippen molar-refractivity contribution in [3.05, 3.63) is 41.2 Å². The monoisotopic (exact) mass is 303 g/mol. The first-order valence-corrected chi connectivity index (χ1v) is 7.57. The van der Waals surface area contributed by atoms with Crippen molar-refractivity contribution in [2.45, 2.75) is 37.6 Å². The van der Waals surface area contributed by atoms with Crippen molar-refractivity contribution in [2.75, 3.05) is 11.1 Å². The first-order valence-electron chi connectivity index (χ1n) is 7.13. The van der Waals surface area contributed by atoms with E-state index in [1.54, 1.807) is 0 Å². The summed E-state index contributed by atoms with van der Waals surface area (Å²) < 4.78 is 0. The molecule has 0 saturated carbocycles. The van der Waals surface area contributed by atoms with Gasteiger partial charge in [0.05, 0.1) is 11.4 Å². The van der Waals surface area contributed by atoms with Gasteiger partial charge in [-0.2, -0.15) is 15.0 Å². The summed E-state index contributed by atoms with van der Waals surface area (Å²) in [5, 5.41) is 3.08. The number of hydrogen-bond acceptors (Lipinski definition) is 5. The minimum absolute atomic E-state index is 0.194. The van der Waals surface area contributed by atoms with Gasteiger partial charge in [-0.1, -0.05) is 24.3 Å². The van der Waals surface area contributed by atoms with E-state index in [0.29, 0.717) is 11.8 Å². The van der Waals surface area contributed by atoms with Gasteiger partial charge in [0.15, 0.2) is 5.82 Å². The standard InChI is InChI=1S/C15H18ClN5/c1-9(16)13-19-14(17)21-15(20-13)18-12-8-4-6-10-5-2-3-7-11(10)12/h2-3,5,7,9,12H,4,6,8H2,1H3,(H3,17,18,19,20,21)/t9-,12?/m0/s1. The van der Waals surface area contributed by atoms with E-state index >= 15 is 0 Å². The number of halogens is 1. The van der Waals surface area contributed by atoms with Crippen LogP contribution in [-0.4, -0.2) is 15.0 Å². The Labute approximate surface area is 129 Å². The number of fused-ring (bicyclic) bond motifs is 1. The highest BCUT2D eigenvalue weighted by Gasteiger charge is 2.21. The highest BCUT2D eigenvalue weighted by molar-refractivity contribution is 6.20. The van der Waals surface area contributed by atoms with Crippen molar-refractivity contribution in [1.82, 2.24) is 15.0 Å². The van der Waals surface area contributed by atoms with Crippen LogP contribution in [0.25, 0.3) is 0 Å². The molecule has 6 heteroatoms. The zero-order valence-corrected chi connectivity index (χ0v) is 12.6. The minimum atomic E-state index is -0.297. The maximum atomic E-state index is 6.03. The molecule has 1 aromatic heterocycles. The molecule has 1 aliphatic carbocycles. The molecule has 2 atom stereocenters. The number of nitrogen functional groups attached to an aromatic ring is 1. The first-order chi connectivity index (χ1) is 10.1. The summed E-state index contributed by atoms with van der Waals surface area (Å²) in [5.41, 5.74) is 8.43. The van der Waals surface area contributed by atoms with E-state index in [2.05, 4.69) is 44.5 Å². The second-order valence-corrected chi connectivity index (χ2v) is 5.93. The van der Waals surface area contributed by atoms with E-state index in [1.165, 1.54) is 11.1 Å². The maximum Gasteiger partial charge on any atom is 0.228 e. The molecular weight excluding hydrogens is 286 g/mol. The Morgan fingerprint density at radius 1 is 1.29 bits per heavy atom. The molecule has 0 saturated heterocycles. The van der Waals surface area contributed by atoms with E-state index < -0.39 is 0 Å². The summed E-state index contributed by atoms with van der Waals surface area (Å²) in [4.78, 5) is 12.6. The first kappa shape index (κ1) is 14.1. The Bertz CT molecular complexity index is 644. The van der Waals surface area contributed by atoms with E-state index in [0.717, 1.165) is 19.3 Å². The number of benzene rings is 1. The summed E-state index contributed by atoms with van der Waals surface area (Å²) in [6.07, 6.45) is 3.32. The SMILES string of the molecule is C[C@H](Cl)c1nc(N)nc(NC2CCCc3ccccc32)n1. The summed E-state index contributed by atoms with van der Waals surface area (Å²) in [5.74, 6) is 1.18. The molecular formula is C15H18ClN5. The van der Waals surface area contributed by atoms with Crippen LogP contribution in [0, 0.1) is 0 Å². The number of anilines is 2. The second kappa shape index (κ2) is 5.85. The van der Waals surface area contributed by atoms with Gasteiger partial charge in [0.2, 0.25) is 11.9 Å². The number of nitrogens with zero attached hydrogens (tertiary/aromatic N) is 3. The molecule has 0 fully saturated rings. The van der Waals surface area contributed by atoms with E-state index in [4.69, 9.17) is 17.3 Å². The van der Waals surface area contributed by atoms with Crippen LogP contribution in [0.1, 0.15) is 48.1 Å². The number of aryl methyl sites for hydroxylation is 1. The Balaban J connectivity index is 1.88. The van der Waals surface area contributed by atoms with Gasteiger partial charge in [-0.15, -0.1) is 11.6 Å². The van der Waals surface area contributed by atoms with Gasteiger partial charge in [0.25, 0.3) is 0 Å². The summed E-state index contributed by atoms with van der Waals surface area (Å²) in [7, 11) is 0. The quantitative estimate of drug-likeness (QED) is 0.851. The fraction of sp³-hybridized carbons (Fsp3) is 0.400. The number of aromatic nitrogens is 3. The number of nitrogens with one attached hydrogen (secondary N) is 1. The van der Waals surface area contributed by atoms with Gasteiger partial charge in [-0.3, -0.25) is 0 Å². The van der Waals surface area contributed by atoms with Crippen LogP contribution in [0.4, 0.5) is 11.9 Å². The zero-order valence-electron chi connectivity index (χ0n) is 11.9. The lowest BCUT2D eigenvalue weighted by atomic mass is 9.88. The Morgan fingerprint density at radius 2 is 2.10 bits per heavy atom. The van der Waals surface area contributed by atoms with Crippen LogP contribution in [0.3, 0.4) is 0 Å². The van der Waals surface area contributed by atoms with E-state index in [9.17, 15) is 0 Å². The highest BCUT2D eigenvalue weighted by Crippen LogP contribution is 2.31. The molecule has 0 amide bonds. The summed E-state index contributed by atoms with van der Waals surface area (Å²) in [6.45, 7) is 1.82. The average Bonchev–Trinajstić information content (AvgIpc) is 2.47. The lowest BCUT2D eigenvalue weighted by Gasteiger charge is -2.26. The fourth-order valence-electron chi connectivity index (χ4n) is 2.71. The van der Waals surface area contributed by atoms with Crippen molar-refractivity contribution in [3.8, 4) is 0 Å². The molecule has 0 spiro atoms.